The van der Waals surface area contributed by atoms with Crippen LogP contribution in [0.25, 0.3) is 0 Å². The van der Waals surface area contributed by atoms with Crippen molar-refractivity contribution < 1.29 is 4.74 Å². The van der Waals surface area contributed by atoms with Crippen LogP contribution in [0.5, 0.6) is 0 Å². The summed E-state index contributed by atoms with van der Waals surface area (Å²) in [5.41, 5.74) is 0. The van der Waals surface area contributed by atoms with Crippen molar-refractivity contribution in [1.29, 1.82) is 0 Å². The number of hydrogen-bond acceptors (Lipinski definition) is 3. The molecule has 0 aliphatic carbocycles. The molecule has 0 aromatic carbocycles. The molecule has 1 heterocycles. The van der Waals surface area contributed by atoms with Crippen molar-refractivity contribution in [1.82, 2.24) is 0 Å². The van der Waals surface area contributed by atoms with Crippen LogP contribution in [0.2, 0.25) is 0 Å². The molecule has 0 aromatic rings. The lowest BCUT2D eigenvalue weighted by Gasteiger charge is -1.90. The molecule has 0 unspecified atom stereocenters. The van der Waals surface area contributed by atoms with Crippen molar-refractivity contribution in [2.75, 3.05) is 20.3 Å². The minimum absolute atomic E-state index is 0.538. The molecule has 0 fully saturated rings. The third-order valence-electron chi connectivity index (χ3n) is 0.869. The van der Waals surface area contributed by atoms with E-state index in [1.165, 1.54) is 0 Å². The molecule has 1 aliphatic heterocycles. The highest BCUT2D eigenvalue weighted by Crippen LogP contribution is 1.87. The van der Waals surface area contributed by atoms with Crippen molar-refractivity contribution in [2.24, 2.45) is 9.98 Å². The van der Waals surface area contributed by atoms with E-state index in [-0.39, 0.29) is 0 Å². The third-order valence-corrected chi connectivity index (χ3v) is 0.869. The second kappa shape index (κ2) is 2.57. The van der Waals surface area contributed by atoms with Crippen LogP contribution in [0.15, 0.2) is 9.98 Å². The van der Waals surface area contributed by atoms with E-state index in [2.05, 4.69) is 9.98 Å². The number of amidine groups is 1. The van der Waals surface area contributed by atoms with Crippen molar-refractivity contribution in [2.45, 2.75) is 0 Å². The fourth-order valence-electron chi connectivity index (χ4n) is 0.545. The van der Waals surface area contributed by atoms with Gasteiger partial charge in [0.1, 0.15) is 12.4 Å². The molecular weight excluding hydrogens is 104 g/mol. The molecule has 0 amide bonds. The van der Waals surface area contributed by atoms with Gasteiger partial charge in [0.25, 0.3) is 0 Å². The quantitative estimate of drug-likeness (QED) is 0.499. The van der Waals surface area contributed by atoms with Crippen molar-refractivity contribution in [3.8, 4) is 0 Å². The lowest BCUT2D eigenvalue weighted by molar-refractivity contribution is 0.244. The van der Waals surface area contributed by atoms with E-state index in [0.29, 0.717) is 6.61 Å². The van der Waals surface area contributed by atoms with Crippen LogP contribution in [0.1, 0.15) is 0 Å². The second-order valence-corrected chi connectivity index (χ2v) is 1.50. The standard InChI is InChI=1S/C5H8N2O/c1-8-4-5-6-2-3-7-5/h2H,3-4H2,1H3. The Balaban J connectivity index is 2.34. The molecule has 8 heavy (non-hydrogen) atoms. The fourth-order valence-corrected chi connectivity index (χ4v) is 0.545. The molecule has 0 atom stereocenters. The van der Waals surface area contributed by atoms with E-state index >= 15 is 0 Å². The van der Waals surface area contributed by atoms with Crippen LogP contribution in [0.3, 0.4) is 0 Å². The Morgan fingerprint density at radius 2 is 2.75 bits per heavy atom. The summed E-state index contributed by atoms with van der Waals surface area (Å²) in [7, 11) is 1.64. The highest BCUT2D eigenvalue weighted by Gasteiger charge is 1.96. The number of methoxy groups -OCH3 is 1. The van der Waals surface area contributed by atoms with Crippen molar-refractivity contribution in [3.63, 3.8) is 0 Å². The summed E-state index contributed by atoms with van der Waals surface area (Å²) < 4.78 is 4.78. The first-order valence-electron chi connectivity index (χ1n) is 2.48. The molecule has 0 radical (unpaired) electrons. The second-order valence-electron chi connectivity index (χ2n) is 1.50. The lowest BCUT2D eigenvalue weighted by Crippen LogP contribution is -1.99. The lowest BCUT2D eigenvalue weighted by atomic mass is 10.6. The van der Waals surface area contributed by atoms with E-state index in [9.17, 15) is 0 Å². The normalized spacial score (nSPS) is 16.9. The Hall–Kier alpha value is -0.700. The van der Waals surface area contributed by atoms with Gasteiger partial charge in [-0.25, -0.2) is 4.99 Å². The summed E-state index contributed by atoms with van der Waals surface area (Å²) in [5, 5.41) is 0. The Bertz CT molecular complexity index is 128. The fraction of sp³-hybridized carbons (Fsp3) is 0.600. The Morgan fingerprint density at radius 1 is 1.88 bits per heavy atom. The molecular formula is C5H8N2O. The van der Waals surface area contributed by atoms with Crippen molar-refractivity contribution >= 4 is 12.1 Å². The van der Waals surface area contributed by atoms with Crippen molar-refractivity contribution in [3.05, 3.63) is 0 Å². The number of nitrogens with zero attached hydrogens (tertiary/aromatic N) is 2. The first kappa shape index (κ1) is 5.44. The zero-order chi connectivity index (χ0) is 5.82. The number of ether oxygens (including phenoxy) is 1. The molecule has 3 nitrogen and oxygen atoms in total. The largest absolute Gasteiger partial charge is 0.377 e. The zero-order valence-electron chi connectivity index (χ0n) is 4.79. The van der Waals surface area contributed by atoms with Gasteiger partial charge in [0.05, 0.1) is 6.54 Å². The maximum atomic E-state index is 4.78. The van der Waals surface area contributed by atoms with Crippen LogP contribution in [-0.2, 0) is 4.74 Å². The van der Waals surface area contributed by atoms with Gasteiger partial charge in [0.2, 0.25) is 0 Å². The monoisotopic (exact) mass is 112 g/mol. The van der Waals surface area contributed by atoms with E-state index in [1.54, 1.807) is 13.3 Å². The summed E-state index contributed by atoms with van der Waals surface area (Å²) in [6.45, 7) is 1.26. The summed E-state index contributed by atoms with van der Waals surface area (Å²) in [6.07, 6.45) is 1.77. The minimum Gasteiger partial charge on any atom is -0.377 e. The van der Waals surface area contributed by atoms with Gasteiger partial charge in [-0.3, -0.25) is 4.99 Å². The van der Waals surface area contributed by atoms with Gasteiger partial charge in [-0.2, -0.15) is 0 Å². The Labute approximate surface area is 48.1 Å². The first-order valence-corrected chi connectivity index (χ1v) is 2.48. The molecule has 1 rings (SSSR count). The molecule has 1 aliphatic rings. The average molecular weight is 112 g/mol. The van der Waals surface area contributed by atoms with Gasteiger partial charge in [0.15, 0.2) is 0 Å². The van der Waals surface area contributed by atoms with Gasteiger partial charge >= 0.3 is 0 Å². The third kappa shape index (κ3) is 1.13. The highest BCUT2D eigenvalue weighted by atomic mass is 16.5. The van der Waals surface area contributed by atoms with Crippen LogP contribution >= 0.6 is 0 Å². The molecule has 0 N–H and O–H groups in total. The summed E-state index contributed by atoms with van der Waals surface area (Å²) >= 11 is 0. The number of rotatable bonds is 2. The van der Waals surface area contributed by atoms with Crippen LogP contribution in [0.4, 0.5) is 0 Å². The molecule has 0 aromatic heterocycles. The van der Waals surface area contributed by atoms with E-state index in [0.717, 1.165) is 12.4 Å². The maximum absolute atomic E-state index is 4.78. The molecule has 0 bridgehead atoms. The molecule has 0 saturated carbocycles. The maximum Gasteiger partial charge on any atom is 0.149 e. The van der Waals surface area contributed by atoms with E-state index < -0.39 is 0 Å². The SMILES string of the molecule is COCC1=NCC=N1. The first-order chi connectivity index (χ1) is 3.93. The van der Waals surface area contributed by atoms with Gasteiger partial charge in [-0.05, 0) is 0 Å². The van der Waals surface area contributed by atoms with E-state index in [4.69, 9.17) is 4.74 Å². The van der Waals surface area contributed by atoms with Crippen LogP contribution in [0, 0.1) is 0 Å². The predicted molar refractivity (Wildman–Crippen MR) is 32.7 cm³/mol. The molecule has 0 saturated heterocycles. The molecule has 0 spiro atoms. The number of hydrogen-bond donors (Lipinski definition) is 0. The zero-order valence-corrected chi connectivity index (χ0v) is 4.79. The Kier molecular flexibility index (Phi) is 1.75. The molecule has 44 valence electrons. The topological polar surface area (TPSA) is 34.0 Å². The summed E-state index contributed by atoms with van der Waals surface area (Å²) in [5.74, 6) is 0.799. The Morgan fingerprint density at radius 3 is 3.25 bits per heavy atom. The summed E-state index contributed by atoms with van der Waals surface area (Å²) in [4.78, 5) is 7.92. The minimum atomic E-state index is 0.538. The van der Waals surface area contributed by atoms with Crippen LogP contribution < -0.4 is 0 Å². The van der Waals surface area contributed by atoms with Gasteiger partial charge < -0.3 is 4.74 Å². The number of aliphatic imine (C=N–C) groups is 2. The average Bonchev–Trinajstić information content (AvgIpc) is 2.19. The van der Waals surface area contributed by atoms with Gasteiger partial charge in [-0.15, -0.1) is 0 Å². The van der Waals surface area contributed by atoms with Crippen LogP contribution in [-0.4, -0.2) is 32.3 Å². The van der Waals surface area contributed by atoms with Gasteiger partial charge in [0, 0.05) is 13.3 Å². The molecule has 3 heteroatoms. The van der Waals surface area contributed by atoms with Gasteiger partial charge in [-0.1, -0.05) is 0 Å². The predicted octanol–water partition coefficient (Wildman–Crippen LogP) is 0.116. The summed E-state index contributed by atoms with van der Waals surface area (Å²) in [6, 6.07) is 0. The van der Waals surface area contributed by atoms with E-state index in [1.807, 2.05) is 0 Å². The smallest absolute Gasteiger partial charge is 0.149 e. The highest BCUT2D eigenvalue weighted by molar-refractivity contribution is 5.95.